The van der Waals surface area contributed by atoms with Gasteiger partial charge in [-0.25, -0.2) is 4.39 Å². The molecule has 1 unspecified atom stereocenters. The van der Waals surface area contributed by atoms with E-state index < -0.39 is 0 Å². The Labute approximate surface area is 106 Å². The van der Waals surface area contributed by atoms with Crippen molar-refractivity contribution in [3.63, 3.8) is 0 Å². The van der Waals surface area contributed by atoms with Crippen LogP contribution in [0.15, 0.2) is 12.1 Å². The minimum atomic E-state index is -0.253. The molecule has 2 fully saturated rings. The van der Waals surface area contributed by atoms with Gasteiger partial charge in [-0.05, 0) is 31.9 Å². The summed E-state index contributed by atoms with van der Waals surface area (Å²) < 4.78 is 24.8. The summed E-state index contributed by atoms with van der Waals surface area (Å²) in [5.74, 6) is 1.33. The molecule has 1 heterocycles. The zero-order valence-corrected chi connectivity index (χ0v) is 10.5. The zero-order valence-electron chi connectivity index (χ0n) is 10.5. The molecule has 1 atom stereocenters. The van der Waals surface area contributed by atoms with Gasteiger partial charge >= 0.3 is 0 Å². The predicted molar refractivity (Wildman–Crippen MR) is 66.8 cm³/mol. The fourth-order valence-corrected chi connectivity index (χ4v) is 2.44. The monoisotopic (exact) mass is 251 g/mol. The van der Waals surface area contributed by atoms with Gasteiger partial charge in [-0.1, -0.05) is 0 Å². The van der Waals surface area contributed by atoms with Crippen LogP contribution in [0.25, 0.3) is 0 Å². The molecular weight excluding hydrogens is 233 g/mol. The number of methoxy groups -OCH3 is 1. The third kappa shape index (κ3) is 2.29. The fraction of sp³-hybridized carbons (Fsp3) is 0.571. The number of benzene rings is 1. The summed E-state index contributed by atoms with van der Waals surface area (Å²) in [4.78, 5) is 0. The third-order valence-corrected chi connectivity index (χ3v) is 3.58. The van der Waals surface area contributed by atoms with Gasteiger partial charge < -0.3 is 14.8 Å². The molecule has 4 heteroatoms. The van der Waals surface area contributed by atoms with E-state index >= 15 is 0 Å². The molecule has 1 saturated heterocycles. The summed E-state index contributed by atoms with van der Waals surface area (Å²) in [6.45, 7) is 1.86. The van der Waals surface area contributed by atoms with E-state index in [-0.39, 0.29) is 11.9 Å². The highest BCUT2D eigenvalue weighted by Crippen LogP contribution is 2.41. The van der Waals surface area contributed by atoms with Crippen molar-refractivity contribution in [1.82, 2.24) is 5.32 Å². The Morgan fingerprint density at radius 3 is 2.72 bits per heavy atom. The van der Waals surface area contributed by atoms with Crippen LogP contribution in [0.2, 0.25) is 0 Å². The molecule has 0 aromatic heterocycles. The molecule has 3 nitrogen and oxygen atoms in total. The van der Waals surface area contributed by atoms with Gasteiger partial charge in [-0.3, -0.25) is 0 Å². The molecule has 98 valence electrons. The molecule has 3 rings (SSSR count). The lowest BCUT2D eigenvalue weighted by molar-refractivity contribution is 0.276. The summed E-state index contributed by atoms with van der Waals surface area (Å²) in [5, 5.41) is 3.31. The number of halogens is 1. The largest absolute Gasteiger partial charge is 0.493 e. The molecule has 2 aliphatic rings. The van der Waals surface area contributed by atoms with Crippen molar-refractivity contribution in [2.24, 2.45) is 0 Å². The first-order valence-electron chi connectivity index (χ1n) is 6.52. The van der Waals surface area contributed by atoms with Gasteiger partial charge in [0.25, 0.3) is 0 Å². The van der Waals surface area contributed by atoms with Gasteiger partial charge in [0.1, 0.15) is 5.82 Å². The summed E-state index contributed by atoms with van der Waals surface area (Å²) in [6, 6.07) is 3.00. The lowest BCUT2D eigenvalue weighted by Gasteiger charge is -2.18. The molecule has 0 amide bonds. The van der Waals surface area contributed by atoms with E-state index in [1.165, 1.54) is 6.07 Å². The number of ether oxygens (including phenoxy) is 2. The summed E-state index contributed by atoms with van der Waals surface area (Å²) in [7, 11) is 1.56. The van der Waals surface area contributed by atoms with Crippen molar-refractivity contribution in [1.29, 1.82) is 0 Å². The molecule has 0 spiro atoms. The summed E-state index contributed by atoms with van der Waals surface area (Å²) >= 11 is 0. The molecule has 1 N–H and O–H groups in total. The number of rotatable bonds is 4. The van der Waals surface area contributed by atoms with Gasteiger partial charge in [0, 0.05) is 24.1 Å². The maximum atomic E-state index is 13.6. The van der Waals surface area contributed by atoms with Gasteiger partial charge in [-0.2, -0.15) is 0 Å². The highest BCUT2D eigenvalue weighted by atomic mass is 19.1. The van der Waals surface area contributed by atoms with E-state index in [1.807, 2.05) is 0 Å². The number of hydrogen-bond donors (Lipinski definition) is 1. The van der Waals surface area contributed by atoms with E-state index in [4.69, 9.17) is 9.47 Å². The molecular formula is C14H18FNO2. The van der Waals surface area contributed by atoms with E-state index in [2.05, 4.69) is 5.32 Å². The van der Waals surface area contributed by atoms with Crippen LogP contribution in [0.1, 0.15) is 30.7 Å². The van der Waals surface area contributed by atoms with E-state index in [0.29, 0.717) is 11.7 Å². The minimum absolute atomic E-state index is 0.253. The maximum Gasteiger partial charge on any atom is 0.165 e. The van der Waals surface area contributed by atoms with E-state index in [1.54, 1.807) is 13.2 Å². The van der Waals surface area contributed by atoms with Crippen molar-refractivity contribution in [2.75, 3.05) is 20.2 Å². The summed E-state index contributed by atoms with van der Waals surface area (Å²) in [6.07, 6.45) is 3.48. The van der Waals surface area contributed by atoms with Crippen LogP contribution in [-0.2, 0) is 0 Å². The van der Waals surface area contributed by atoms with Crippen molar-refractivity contribution >= 4 is 0 Å². The zero-order chi connectivity index (χ0) is 12.5. The summed E-state index contributed by atoms with van der Waals surface area (Å²) in [5.41, 5.74) is 0.948. The minimum Gasteiger partial charge on any atom is -0.493 e. The smallest absolute Gasteiger partial charge is 0.165 e. The Balaban J connectivity index is 1.98. The topological polar surface area (TPSA) is 30.5 Å². The average molecular weight is 251 g/mol. The Hall–Kier alpha value is -1.29. The van der Waals surface area contributed by atoms with Crippen molar-refractivity contribution in [2.45, 2.75) is 31.3 Å². The predicted octanol–water partition coefficient (Wildman–Crippen LogP) is 2.45. The van der Waals surface area contributed by atoms with Crippen LogP contribution < -0.4 is 14.8 Å². The average Bonchev–Trinajstić information content (AvgIpc) is 3.02. The number of nitrogens with one attached hydrogen (secondary N) is 1. The first-order valence-corrected chi connectivity index (χ1v) is 6.52. The molecule has 18 heavy (non-hydrogen) atoms. The SMILES string of the molecule is COc1cc(F)cc(C2CCNC2)c1OC1CC1. The van der Waals surface area contributed by atoms with Crippen LogP contribution in [-0.4, -0.2) is 26.3 Å². The fourth-order valence-electron chi connectivity index (χ4n) is 2.44. The van der Waals surface area contributed by atoms with Crippen LogP contribution in [0.5, 0.6) is 11.5 Å². The van der Waals surface area contributed by atoms with E-state index in [0.717, 1.165) is 43.7 Å². The lowest BCUT2D eigenvalue weighted by Crippen LogP contribution is -2.10. The quantitative estimate of drug-likeness (QED) is 0.891. The molecule has 0 radical (unpaired) electrons. The highest BCUT2D eigenvalue weighted by Gasteiger charge is 2.29. The molecule has 1 aromatic rings. The van der Waals surface area contributed by atoms with Crippen LogP contribution in [0.4, 0.5) is 4.39 Å². The van der Waals surface area contributed by atoms with E-state index in [9.17, 15) is 4.39 Å². The Bertz CT molecular complexity index is 440. The van der Waals surface area contributed by atoms with Crippen molar-refractivity contribution in [3.8, 4) is 11.5 Å². The Kier molecular flexibility index (Phi) is 3.12. The second-order valence-electron chi connectivity index (χ2n) is 5.03. The van der Waals surface area contributed by atoms with Crippen LogP contribution in [0.3, 0.4) is 0 Å². The normalized spacial score (nSPS) is 23.1. The molecule has 1 saturated carbocycles. The maximum absolute atomic E-state index is 13.6. The Morgan fingerprint density at radius 1 is 1.28 bits per heavy atom. The standard InChI is InChI=1S/C14H18FNO2/c1-17-13-7-10(15)6-12(9-4-5-16-8-9)14(13)18-11-2-3-11/h6-7,9,11,16H,2-5,8H2,1H3. The van der Waals surface area contributed by atoms with Gasteiger partial charge in [-0.15, -0.1) is 0 Å². The van der Waals surface area contributed by atoms with Crippen molar-refractivity contribution < 1.29 is 13.9 Å². The lowest BCUT2D eigenvalue weighted by atomic mass is 9.97. The third-order valence-electron chi connectivity index (χ3n) is 3.58. The molecule has 0 bridgehead atoms. The second-order valence-corrected chi connectivity index (χ2v) is 5.03. The molecule has 1 aliphatic heterocycles. The van der Waals surface area contributed by atoms with Crippen LogP contribution >= 0.6 is 0 Å². The number of hydrogen-bond acceptors (Lipinski definition) is 3. The molecule has 1 aromatic carbocycles. The molecule has 1 aliphatic carbocycles. The van der Waals surface area contributed by atoms with Gasteiger partial charge in [0.15, 0.2) is 11.5 Å². The van der Waals surface area contributed by atoms with Gasteiger partial charge in [0.2, 0.25) is 0 Å². The first-order chi connectivity index (χ1) is 8.78. The first kappa shape index (κ1) is 11.8. The van der Waals surface area contributed by atoms with Crippen molar-refractivity contribution in [3.05, 3.63) is 23.5 Å². The highest BCUT2D eigenvalue weighted by molar-refractivity contribution is 5.49. The van der Waals surface area contributed by atoms with Crippen LogP contribution in [0, 0.1) is 5.82 Å². The van der Waals surface area contributed by atoms with Gasteiger partial charge in [0.05, 0.1) is 13.2 Å². The Morgan fingerprint density at radius 2 is 2.11 bits per heavy atom. The second kappa shape index (κ2) is 4.76.